The van der Waals surface area contributed by atoms with E-state index in [-0.39, 0.29) is 0 Å². The zero-order valence-electron chi connectivity index (χ0n) is 6.55. The smallest absolute Gasteiger partial charge is 0.165 e. The van der Waals surface area contributed by atoms with E-state index in [1.54, 1.807) is 0 Å². The van der Waals surface area contributed by atoms with Crippen molar-refractivity contribution in [2.24, 2.45) is 0 Å². The minimum absolute atomic E-state index is 1.09. The maximum atomic E-state index is 5.26. The molecule has 0 saturated heterocycles. The van der Waals surface area contributed by atoms with Crippen molar-refractivity contribution in [3.05, 3.63) is 35.8 Å². The lowest BCUT2D eigenvalue weighted by Crippen LogP contribution is -1.74. The van der Waals surface area contributed by atoms with Gasteiger partial charge in [0, 0.05) is 6.42 Å². The van der Waals surface area contributed by atoms with Gasteiger partial charge < -0.3 is 4.74 Å². The molecule has 0 fully saturated rings. The Balaban J connectivity index is 2.03. The molecule has 2 aliphatic rings. The van der Waals surface area contributed by atoms with Gasteiger partial charge in [0.25, 0.3) is 0 Å². The highest BCUT2D eigenvalue weighted by atomic mass is 16.6. The van der Waals surface area contributed by atoms with Crippen LogP contribution in [0.25, 0.3) is 0 Å². The van der Waals surface area contributed by atoms with Crippen molar-refractivity contribution in [1.82, 2.24) is 0 Å². The Morgan fingerprint density at radius 1 is 1.18 bits per heavy atom. The lowest BCUT2D eigenvalue weighted by molar-refractivity contribution is 0.457. The molecule has 0 N–H and O–H groups in total. The summed E-state index contributed by atoms with van der Waals surface area (Å²) < 4.78 is 5.26. The molecule has 1 nitrogen and oxygen atoms in total. The van der Waals surface area contributed by atoms with Crippen LogP contribution in [0.5, 0.6) is 0 Å². The van der Waals surface area contributed by atoms with E-state index >= 15 is 0 Å². The first-order valence-corrected chi connectivity index (χ1v) is 4.21. The molecule has 0 bridgehead atoms. The Kier molecular flexibility index (Phi) is 1.80. The van der Waals surface area contributed by atoms with Crippen molar-refractivity contribution in [2.45, 2.75) is 25.7 Å². The zero-order chi connectivity index (χ0) is 7.52. The fraction of sp³-hybridized carbons (Fsp3) is 0.400. The van der Waals surface area contributed by atoms with Crippen LogP contribution in [0.2, 0.25) is 0 Å². The third-order valence-electron chi connectivity index (χ3n) is 1.99. The van der Waals surface area contributed by atoms with E-state index in [2.05, 4.69) is 12.2 Å². The molecule has 0 saturated carbocycles. The number of ether oxygens (including phenoxy) is 1. The van der Waals surface area contributed by atoms with Gasteiger partial charge >= 0.3 is 0 Å². The van der Waals surface area contributed by atoms with E-state index in [0.29, 0.717) is 0 Å². The fourth-order valence-electron chi connectivity index (χ4n) is 1.27. The largest absolute Gasteiger partial charge is 0.454 e. The van der Waals surface area contributed by atoms with Crippen LogP contribution in [0.3, 0.4) is 0 Å². The van der Waals surface area contributed by atoms with Gasteiger partial charge in [0.2, 0.25) is 0 Å². The first kappa shape index (κ1) is 6.71. The van der Waals surface area contributed by atoms with Gasteiger partial charge in [0.05, 0.1) is 0 Å². The number of hydrogen-bond donors (Lipinski definition) is 0. The van der Waals surface area contributed by atoms with Crippen molar-refractivity contribution >= 4 is 0 Å². The van der Waals surface area contributed by atoms with Crippen molar-refractivity contribution in [3.8, 4) is 0 Å². The van der Waals surface area contributed by atoms with Gasteiger partial charge in [-0.3, -0.25) is 0 Å². The lowest BCUT2D eigenvalue weighted by atomic mass is 10.1. The summed E-state index contributed by atoms with van der Waals surface area (Å²) in [5, 5.41) is 0. The predicted octanol–water partition coefficient (Wildman–Crippen LogP) is 2.91. The van der Waals surface area contributed by atoms with Crippen LogP contribution in [0.15, 0.2) is 35.8 Å². The molecule has 0 atom stereocenters. The third kappa shape index (κ3) is 1.73. The third-order valence-corrected chi connectivity index (χ3v) is 1.99. The fourth-order valence-corrected chi connectivity index (χ4v) is 1.27. The van der Waals surface area contributed by atoms with Gasteiger partial charge in [-0.25, -0.2) is 0 Å². The van der Waals surface area contributed by atoms with Crippen LogP contribution in [-0.2, 0) is 4.74 Å². The highest BCUT2D eigenvalue weighted by Crippen LogP contribution is 2.32. The number of hydrogen-bond acceptors (Lipinski definition) is 1. The molecule has 11 heavy (non-hydrogen) atoms. The SMILES string of the molecule is C1=C\CCCCC2=C(/C=C/1)O2. The highest BCUT2D eigenvalue weighted by Gasteiger charge is 2.20. The van der Waals surface area contributed by atoms with Gasteiger partial charge in [-0.15, -0.1) is 0 Å². The van der Waals surface area contributed by atoms with Crippen LogP contribution in [0.1, 0.15) is 25.7 Å². The van der Waals surface area contributed by atoms with E-state index < -0.39 is 0 Å². The van der Waals surface area contributed by atoms with Crippen LogP contribution >= 0.6 is 0 Å². The van der Waals surface area contributed by atoms with Gasteiger partial charge in [0.1, 0.15) is 5.76 Å². The van der Waals surface area contributed by atoms with Gasteiger partial charge in [-0.2, -0.15) is 0 Å². The Morgan fingerprint density at radius 3 is 3.18 bits per heavy atom. The van der Waals surface area contributed by atoms with E-state index in [9.17, 15) is 0 Å². The number of allylic oxidation sites excluding steroid dienone is 5. The monoisotopic (exact) mass is 148 g/mol. The van der Waals surface area contributed by atoms with E-state index in [1.807, 2.05) is 12.2 Å². The molecule has 0 aromatic carbocycles. The maximum Gasteiger partial charge on any atom is 0.165 e. The highest BCUT2D eigenvalue weighted by molar-refractivity contribution is 5.31. The minimum Gasteiger partial charge on any atom is -0.454 e. The summed E-state index contributed by atoms with van der Waals surface area (Å²) in [6.07, 6.45) is 13.3. The second-order valence-corrected chi connectivity index (χ2v) is 2.92. The molecule has 1 aliphatic heterocycles. The summed E-state index contributed by atoms with van der Waals surface area (Å²) in [6.45, 7) is 0. The number of rotatable bonds is 0. The quantitative estimate of drug-likeness (QED) is 0.514. The molecule has 0 unspecified atom stereocenters. The van der Waals surface area contributed by atoms with E-state index in [4.69, 9.17) is 4.74 Å². The van der Waals surface area contributed by atoms with Crippen molar-refractivity contribution < 1.29 is 4.74 Å². The Hall–Kier alpha value is -0.980. The molecule has 2 rings (SSSR count). The molecule has 1 heterocycles. The average Bonchev–Trinajstić information content (AvgIpc) is 2.76. The molecule has 0 spiro atoms. The second-order valence-electron chi connectivity index (χ2n) is 2.92. The molecule has 58 valence electrons. The van der Waals surface area contributed by atoms with Crippen LogP contribution in [0, 0.1) is 0 Å². The second kappa shape index (κ2) is 2.95. The summed E-state index contributed by atoms with van der Waals surface area (Å²) in [5.74, 6) is 2.30. The lowest BCUT2D eigenvalue weighted by Gasteiger charge is -1.91. The summed E-state index contributed by atoms with van der Waals surface area (Å²) in [4.78, 5) is 0. The first-order valence-electron chi connectivity index (χ1n) is 4.21. The van der Waals surface area contributed by atoms with Gasteiger partial charge in [-0.1, -0.05) is 18.2 Å². The van der Waals surface area contributed by atoms with Crippen molar-refractivity contribution in [3.63, 3.8) is 0 Å². The Labute approximate surface area is 67.1 Å². The Bertz CT molecular complexity index is 233. The van der Waals surface area contributed by atoms with Crippen molar-refractivity contribution in [2.75, 3.05) is 0 Å². The molecule has 0 radical (unpaired) electrons. The van der Waals surface area contributed by atoms with E-state index in [0.717, 1.165) is 12.2 Å². The minimum atomic E-state index is 1.09. The maximum absolute atomic E-state index is 5.26. The molecular weight excluding hydrogens is 136 g/mol. The molecule has 0 amide bonds. The first-order chi connectivity index (χ1) is 5.47. The van der Waals surface area contributed by atoms with E-state index in [1.165, 1.54) is 25.0 Å². The van der Waals surface area contributed by atoms with Crippen molar-refractivity contribution in [1.29, 1.82) is 0 Å². The van der Waals surface area contributed by atoms with Gasteiger partial charge in [-0.05, 0) is 25.3 Å². The Morgan fingerprint density at radius 2 is 2.18 bits per heavy atom. The topological polar surface area (TPSA) is 12.5 Å². The van der Waals surface area contributed by atoms with Crippen LogP contribution in [-0.4, -0.2) is 0 Å². The molecule has 0 aromatic heterocycles. The molecular formula is C10H12O. The molecule has 1 aliphatic carbocycles. The molecule has 1 heteroatoms. The summed E-state index contributed by atoms with van der Waals surface area (Å²) in [7, 11) is 0. The standard InChI is InChI=1S/C10H12O/c1-2-4-6-8-10-9(11-10)7-5-3-1/h1,3,5,7H,2,4,6,8H2/b3-1-,7-5+. The summed E-state index contributed by atoms with van der Waals surface area (Å²) >= 11 is 0. The summed E-state index contributed by atoms with van der Waals surface area (Å²) in [5.41, 5.74) is 0. The normalized spacial score (nSPS) is 28.4. The summed E-state index contributed by atoms with van der Waals surface area (Å²) in [6, 6.07) is 0. The average molecular weight is 148 g/mol. The molecule has 0 aromatic rings. The van der Waals surface area contributed by atoms with Gasteiger partial charge in [0.15, 0.2) is 5.76 Å². The van der Waals surface area contributed by atoms with Crippen LogP contribution in [0.4, 0.5) is 0 Å². The zero-order valence-corrected chi connectivity index (χ0v) is 6.55. The predicted molar refractivity (Wildman–Crippen MR) is 44.9 cm³/mol. The van der Waals surface area contributed by atoms with Crippen LogP contribution < -0.4 is 0 Å².